The molecule has 0 aliphatic carbocycles. The highest BCUT2D eigenvalue weighted by atomic mass is 16.6. The Morgan fingerprint density at radius 2 is 1.84 bits per heavy atom. The maximum atomic E-state index is 13.3. The molecule has 32 heavy (non-hydrogen) atoms. The van der Waals surface area contributed by atoms with E-state index in [0.29, 0.717) is 37.0 Å². The van der Waals surface area contributed by atoms with Gasteiger partial charge < -0.3 is 19.1 Å². The predicted octanol–water partition coefficient (Wildman–Crippen LogP) is 2.46. The van der Waals surface area contributed by atoms with Crippen LogP contribution in [0, 0.1) is 10.1 Å². The van der Waals surface area contributed by atoms with Gasteiger partial charge in [0.1, 0.15) is 25.5 Å². The maximum absolute atomic E-state index is 13.3. The summed E-state index contributed by atoms with van der Waals surface area (Å²) in [7, 11) is 0. The monoisotopic (exact) mass is 439 g/mol. The summed E-state index contributed by atoms with van der Waals surface area (Å²) < 4.78 is 16.6. The van der Waals surface area contributed by atoms with E-state index < -0.39 is 10.8 Å². The third kappa shape index (κ3) is 3.57. The van der Waals surface area contributed by atoms with Crippen LogP contribution in [0.4, 0.5) is 11.4 Å². The average molecular weight is 439 g/mol. The quantitative estimate of drug-likeness (QED) is 0.531. The zero-order valence-electron chi connectivity index (χ0n) is 17.2. The van der Waals surface area contributed by atoms with Crippen LogP contribution >= 0.6 is 0 Å². The first-order valence-electron chi connectivity index (χ1n) is 10.4. The van der Waals surface area contributed by atoms with Crippen LogP contribution in [-0.4, -0.2) is 54.5 Å². The van der Waals surface area contributed by atoms with E-state index in [1.807, 2.05) is 18.2 Å². The number of nitrogens with zero attached hydrogens (tertiary/aromatic N) is 3. The van der Waals surface area contributed by atoms with Gasteiger partial charge in [-0.25, -0.2) is 0 Å². The largest absolute Gasteiger partial charge is 0.486 e. The number of amides is 2. The number of likely N-dealkylation sites (tertiary alicyclic amines) is 1. The van der Waals surface area contributed by atoms with Crippen LogP contribution in [0.25, 0.3) is 0 Å². The van der Waals surface area contributed by atoms with Crippen LogP contribution in [-0.2, 0) is 9.59 Å². The first kappa shape index (κ1) is 20.1. The van der Waals surface area contributed by atoms with Crippen molar-refractivity contribution in [1.82, 2.24) is 4.90 Å². The number of carbonyl (C=O) groups is 2. The first-order chi connectivity index (χ1) is 15.5. The number of anilines is 1. The second-order valence-corrected chi connectivity index (χ2v) is 7.83. The van der Waals surface area contributed by atoms with Crippen molar-refractivity contribution >= 4 is 23.2 Å². The lowest BCUT2D eigenvalue weighted by molar-refractivity contribution is -0.384. The lowest BCUT2D eigenvalue weighted by Gasteiger charge is -2.32. The topological polar surface area (TPSA) is 111 Å². The molecule has 3 heterocycles. The molecule has 10 heteroatoms. The molecule has 0 aromatic heterocycles. The normalized spacial score (nSPS) is 19.4. The number of hydrogen-bond acceptors (Lipinski definition) is 7. The van der Waals surface area contributed by atoms with Crippen LogP contribution in [0.15, 0.2) is 36.4 Å². The van der Waals surface area contributed by atoms with Crippen molar-refractivity contribution in [3.05, 3.63) is 52.1 Å². The van der Waals surface area contributed by atoms with Gasteiger partial charge in [-0.05, 0) is 36.6 Å². The molecular weight excluding hydrogens is 418 g/mol. The Labute approximate surface area is 183 Å². The van der Waals surface area contributed by atoms with Crippen molar-refractivity contribution in [3.63, 3.8) is 0 Å². The van der Waals surface area contributed by atoms with Crippen molar-refractivity contribution in [1.29, 1.82) is 0 Å². The number of rotatable bonds is 4. The third-order valence-corrected chi connectivity index (χ3v) is 5.91. The summed E-state index contributed by atoms with van der Waals surface area (Å²) >= 11 is 0. The summed E-state index contributed by atoms with van der Waals surface area (Å²) in [6.07, 6.45) is 1.63. The van der Waals surface area contributed by atoms with Gasteiger partial charge in [-0.15, -0.1) is 0 Å². The Bertz CT molecular complexity index is 1100. The van der Waals surface area contributed by atoms with E-state index in [2.05, 4.69) is 0 Å². The fourth-order valence-electron chi connectivity index (χ4n) is 4.38. The number of hydrogen-bond donors (Lipinski definition) is 0. The molecule has 1 saturated heterocycles. The number of benzene rings is 2. The summed E-state index contributed by atoms with van der Waals surface area (Å²) in [5, 5.41) is 11.2. The van der Waals surface area contributed by atoms with Gasteiger partial charge in [0.05, 0.1) is 16.7 Å². The van der Waals surface area contributed by atoms with Crippen molar-refractivity contribution in [2.45, 2.75) is 18.9 Å². The highest BCUT2D eigenvalue weighted by Crippen LogP contribution is 2.39. The molecular formula is C22H21N3O7. The SMILES string of the molecule is O=C1COc2ccc([N+](=O)[O-])cc2N1CC(=O)N1CCCC1c1ccc2c(c1)OCCO2. The van der Waals surface area contributed by atoms with Crippen molar-refractivity contribution < 1.29 is 28.7 Å². The zero-order chi connectivity index (χ0) is 22.2. The van der Waals surface area contributed by atoms with E-state index in [4.69, 9.17) is 14.2 Å². The average Bonchev–Trinajstić information content (AvgIpc) is 3.30. The molecule has 1 atom stereocenters. The smallest absolute Gasteiger partial charge is 0.271 e. The Morgan fingerprint density at radius 1 is 1.06 bits per heavy atom. The molecule has 0 radical (unpaired) electrons. The summed E-state index contributed by atoms with van der Waals surface area (Å²) in [6.45, 7) is 1.13. The molecule has 5 rings (SSSR count). The highest BCUT2D eigenvalue weighted by molar-refractivity contribution is 6.02. The molecule has 1 fully saturated rings. The van der Waals surface area contributed by atoms with Crippen molar-refractivity contribution in [2.24, 2.45) is 0 Å². The summed E-state index contributed by atoms with van der Waals surface area (Å²) in [5.74, 6) is 1.05. The Balaban J connectivity index is 1.38. The Hall–Kier alpha value is -3.82. The van der Waals surface area contributed by atoms with Crippen molar-refractivity contribution in [2.75, 3.05) is 37.8 Å². The van der Waals surface area contributed by atoms with Gasteiger partial charge >= 0.3 is 0 Å². The van der Waals surface area contributed by atoms with E-state index >= 15 is 0 Å². The molecule has 0 saturated carbocycles. The number of carbonyl (C=O) groups excluding carboxylic acids is 2. The van der Waals surface area contributed by atoms with Gasteiger partial charge in [0.2, 0.25) is 5.91 Å². The minimum absolute atomic E-state index is 0.140. The fourth-order valence-corrected chi connectivity index (χ4v) is 4.38. The number of ether oxygens (including phenoxy) is 3. The maximum Gasteiger partial charge on any atom is 0.271 e. The Kier molecular flexibility index (Phi) is 5.04. The van der Waals surface area contributed by atoms with Crippen LogP contribution in [0.5, 0.6) is 17.2 Å². The minimum Gasteiger partial charge on any atom is -0.486 e. The van der Waals surface area contributed by atoms with E-state index in [-0.39, 0.29) is 36.5 Å². The van der Waals surface area contributed by atoms with E-state index in [0.717, 1.165) is 18.4 Å². The standard InChI is InChI=1S/C22H21N3O7/c26-21(12-24-17-11-15(25(28)29)4-6-18(17)32-13-22(24)27)23-7-1-2-16(23)14-3-5-19-20(10-14)31-9-8-30-19/h3-6,10-11,16H,1-2,7-9,12-13H2. The van der Waals surface area contributed by atoms with E-state index in [1.165, 1.54) is 23.1 Å². The molecule has 3 aliphatic heterocycles. The molecule has 2 aromatic carbocycles. The fraction of sp³-hybridized carbons (Fsp3) is 0.364. The molecule has 0 N–H and O–H groups in total. The Morgan fingerprint density at radius 3 is 2.66 bits per heavy atom. The summed E-state index contributed by atoms with van der Waals surface area (Å²) in [4.78, 5) is 39.4. The number of nitro benzene ring substituents is 1. The van der Waals surface area contributed by atoms with Crippen molar-refractivity contribution in [3.8, 4) is 17.2 Å². The summed E-state index contributed by atoms with van der Waals surface area (Å²) in [6, 6.07) is 9.58. The summed E-state index contributed by atoms with van der Waals surface area (Å²) in [5.41, 5.74) is 1.01. The number of non-ortho nitro benzene ring substituents is 1. The molecule has 0 bridgehead atoms. The molecule has 0 spiro atoms. The molecule has 1 unspecified atom stereocenters. The van der Waals surface area contributed by atoms with Gasteiger partial charge in [-0.1, -0.05) is 6.07 Å². The lowest BCUT2D eigenvalue weighted by atomic mass is 10.0. The van der Waals surface area contributed by atoms with Gasteiger partial charge in [-0.3, -0.25) is 24.6 Å². The van der Waals surface area contributed by atoms with Gasteiger partial charge in [0.25, 0.3) is 11.6 Å². The number of fused-ring (bicyclic) bond motifs is 2. The van der Waals surface area contributed by atoms with Gasteiger partial charge in [-0.2, -0.15) is 0 Å². The molecule has 10 nitrogen and oxygen atoms in total. The van der Waals surface area contributed by atoms with Gasteiger partial charge in [0, 0.05) is 18.7 Å². The first-order valence-corrected chi connectivity index (χ1v) is 10.4. The minimum atomic E-state index is -0.544. The molecule has 2 amide bonds. The molecule has 2 aromatic rings. The van der Waals surface area contributed by atoms with E-state index in [1.54, 1.807) is 4.90 Å². The zero-order valence-corrected chi connectivity index (χ0v) is 17.2. The second-order valence-electron chi connectivity index (χ2n) is 7.83. The number of nitro groups is 1. The van der Waals surface area contributed by atoms with Gasteiger partial charge in [0.15, 0.2) is 18.1 Å². The van der Waals surface area contributed by atoms with E-state index in [9.17, 15) is 19.7 Å². The predicted molar refractivity (Wildman–Crippen MR) is 112 cm³/mol. The second kappa shape index (κ2) is 8.03. The highest BCUT2D eigenvalue weighted by Gasteiger charge is 2.35. The van der Waals surface area contributed by atoms with Crippen LogP contribution in [0.3, 0.4) is 0 Å². The third-order valence-electron chi connectivity index (χ3n) is 5.91. The molecule has 3 aliphatic rings. The molecule has 166 valence electrons. The van der Waals surface area contributed by atoms with Crippen LogP contribution < -0.4 is 19.1 Å². The van der Waals surface area contributed by atoms with Crippen LogP contribution in [0.2, 0.25) is 0 Å². The lowest BCUT2D eigenvalue weighted by Crippen LogP contribution is -2.46. The van der Waals surface area contributed by atoms with Crippen LogP contribution in [0.1, 0.15) is 24.4 Å².